The predicted molar refractivity (Wildman–Crippen MR) is 118 cm³/mol. The molecule has 0 unspecified atom stereocenters. The third-order valence-electron chi connectivity index (χ3n) is 5.26. The van der Waals surface area contributed by atoms with E-state index >= 15 is 0 Å². The zero-order valence-electron chi connectivity index (χ0n) is 17.0. The maximum absolute atomic E-state index is 6.21. The molecule has 3 aromatic rings. The summed E-state index contributed by atoms with van der Waals surface area (Å²) in [6.45, 7) is 5.19. The Morgan fingerprint density at radius 1 is 0.690 bits per heavy atom. The summed E-state index contributed by atoms with van der Waals surface area (Å²) in [5.74, 6) is 1.78. The lowest BCUT2D eigenvalue weighted by Crippen LogP contribution is -2.44. The van der Waals surface area contributed by atoms with Crippen LogP contribution >= 0.6 is 0 Å². The Bertz CT molecular complexity index is 891. The number of ether oxygens (including phenoxy) is 2. The molecule has 1 aliphatic heterocycles. The summed E-state index contributed by atoms with van der Waals surface area (Å²) in [5, 5.41) is 0. The molecular formula is C25H28N2O2. The first-order chi connectivity index (χ1) is 14.3. The van der Waals surface area contributed by atoms with E-state index in [1.807, 2.05) is 48.5 Å². The molecule has 150 valence electrons. The van der Waals surface area contributed by atoms with Crippen LogP contribution < -0.4 is 14.4 Å². The summed E-state index contributed by atoms with van der Waals surface area (Å²) >= 11 is 0. The van der Waals surface area contributed by atoms with Crippen LogP contribution in [0.1, 0.15) is 11.1 Å². The zero-order chi connectivity index (χ0) is 19.9. The van der Waals surface area contributed by atoms with Crippen molar-refractivity contribution in [2.45, 2.75) is 13.2 Å². The normalized spacial score (nSPS) is 14.6. The van der Waals surface area contributed by atoms with E-state index in [0.29, 0.717) is 13.2 Å². The summed E-state index contributed by atoms with van der Waals surface area (Å²) in [6.07, 6.45) is 0. The second-order valence-corrected chi connectivity index (χ2v) is 7.47. The van der Waals surface area contributed by atoms with Gasteiger partial charge < -0.3 is 19.3 Å². The Labute approximate surface area is 173 Å². The fraction of sp³-hybridized carbons (Fsp3) is 0.280. The van der Waals surface area contributed by atoms with Gasteiger partial charge in [-0.25, -0.2) is 0 Å². The third kappa shape index (κ3) is 5.30. The van der Waals surface area contributed by atoms with Crippen molar-refractivity contribution < 1.29 is 9.47 Å². The highest BCUT2D eigenvalue weighted by atomic mass is 16.5. The average Bonchev–Trinajstić information content (AvgIpc) is 2.78. The molecule has 1 aliphatic rings. The van der Waals surface area contributed by atoms with Crippen LogP contribution in [0, 0.1) is 0 Å². The first-order valence-electron chi connectivity index (χ1n) is 10.2. The van der Waals surface area contributed by atoms with Crippen LogP contribution in [0.3, 0.4) is 0 Å². The van der Waals surface area contributed by atoms with E-state index < -0.39 is 0 Å². The van der Waals surface area contributed by atoms with E-state index in [0.717, 1.165) is 48.9 Å². The minimum Gasteiger partial charge on any atom is -0.489 e. The zero-order valence-corrected chi connectivity index (χ0v) is 17.0. The first-order valence-corrected chi connectivity index (χ1v) is 10.2. The lowest BCUT2D eigenvalue weighted by Gasteiger charge is -2.35. The first kappa shape index (κ1) is 19.3. The molecule has 0 aromatic heterocycles. The number of anilines is 1. The summed E-state index contributed by atoms with van der Waals surface area (Å²) in [5.41, 5.74) is 3.44. The van der Waals surface area contributed by atoms with Gasteiger partial charge in [0.05, 0.1) is 5.69 Å². The van der Waals surface area contributed by atoms with E-state index in [-0.39, 0.29) is 0 Å². The second-order valence-electron chi connectivity index (χ2n) is 7.47. The molecule has 4 nitrogen and oxygen atoms in total. The topological polar surface area (TPSA) is 24.9 Å². The van der Waals surface area contributed by atoms with Crippen molar-refractivity contribution in [2.75, 3.05) is 38.1 Å². The molecule has 4 rings (SSSR count). The van der Waals surface area contributed by atoms with Gasteiger partial charge >= 0.3 is 0 Å². The van der Waals surface area contributed by atoms with Crippen molar-refractivity contribution in [3.05, 3.63) is 90.0 Å². The van der Waals surface area contributed by atoms with Crippen molar-refractivity contribution >= 4 is 5.69 Å². The van der Waals surface area contributed by atoms with Crippen molar-refractivity contribution in [1.29, 1.82) is 0 Å². The largest absolute Gasteiger partial charge is 0.489 e. The van der Waals surface area contributed by atoms with Gasteiger partial charge in [0.15, 0.2) is 0 Å². The standard InChI is InChI=1S/C25H28N2O2/c1-26-14-16-27(17-15-26)24-18-23(28-19-21-8-4-2-5-9-21)12-13-25(24)29-20-22-10-6-3-7-11-22/h2-13,18H,14-17,19-20H2,1H3. The molecule has 3 aromatic carbocycles. The number of rotatable bonds is 7. The Hall–Kier alpha value is -2.98. The molecule has 0 atom stereocenters. The molecule has 1 saturated heterocycles. The molecular weight excluding hydrogens is 360 g/mol. The Morgan fingerprint density at radius 3 is 1.90 bits per heavy atom. The van der Waals surface area contributed by atoms with Gasteiger partial charge in [0.1, 0.15) is 24.7 Å². The van der Waals surface area contributed by atoms with Gasteiger partial charge in [0.25, 0.3) is 0 Å². The highest BCUT2D eigenvalue weighted by Gasteiger charge is 2.19. The van der Waals surface area contributed by atoms with E-state index in [9.17, 15) is 0 Å². The molecule has 0 radical (unpaired) electrons. The second kappa shape index (κ2) is 9.48. The lowest BCUT2D eigenvalue weighted by atomic mass is 10.2. The van der Waals surface area contributed by atoms with E-state index in [2.05, 4.69) is 47.2 Å². The number of hydrogen-bond acceptors (Lipinski definition) is 4. The van der Waals surface area contributed by atoms with Gasteiger partial charge in [-0.1, -0.05) is 60.7 Å². The quantitative estimate of drug-likeness (QED) is 0.591. The Kier molecular flexibility index (Phi) is 6.32. The highest BCUT2D eigenvalue weighted by Crippen LogP contribution is 2.34. The molecule has 1 heterocycles. The minimum atomic E-state index is 0.561. The van der Waals surface area contributed by atoms with Crippen LogP contribution in [0.25, 0.3) is 0 Å². The van der Waals surface area contributed by atoms with Gasteiger partial charge in [0, 0.05) is 32.2 Å². The van der Waals surface area contributed by atoms with Crippen LogP contribution in [0.5, 0.6) is 11.5 Å². The van der Waals surface area contributed by atoms with Gasteiger partial charge in [-0.3, -0.25) is 0 Å². The Balaban J connectivity index is 1.51. The summed E-state index contributed by atoms with van der Waals surface area (Å²) in [6, 6.07) is 26.7. The summed E-state index contributed by atoms with van der Waals surface area (Å²) < 4.78 is 12.3. The van der Waals surface area contributed by atoms with E-state index in [1.165, 1.54) is 5.56 Å². The number of nitrogens with zero attached hydrogens (tertiary/aromatic N) is 2. The molecule has 1 fully saturated rings. The van der Waals surface area contributed by atoms with Crippen molar-refractivity contribution in [3.63, 3.8) is 0 Å². The number of likely N-dealkylation sites (N-methyl/N-ethyl adjacent to an activating group) is 1. The number of benzene rings is 3. The van der Waals surface area contributed by atoms with Crippen LogP contribution in [-0.4, -0.2) is 38.1 Å². The predicted octanol–water partition coefficient (Wildman–Crippen LogP) is 4.60. The SMILES string of the molecule is CN1CCN(c2cc(OCc3ccccc3)ccc2OCc2ccccc2)CC1. The highest BCUT2D eigenvalue weighted by molar-refractivity contribution is 5.62. The van der Waals surface area contributed by atoms with Crippen molar-refractivity contribution in [2.24, 2.45) is 0 Å². The molecule has 0 saturated carbocycles. The van der Waals surface area contributed by atoms with E-state index in [1.54, 1.807) is 0 Å². The van der Waals surface area contributed by atoms with E-state index in [4.69, 9.17) is 9.47 Å². The molecule has 0 aliphatic carbocycles. The molecule has 0 N–H and O–H groups in total. The van der Waals surface area contributed by atoms with Gasteiger partial charge in [-0.05, 0) is 30.3 Å². The number of hydrogen-bond donors (Lipinski definition) is 0. The Morgan fingerprint density at radius 2 is 1.28 bits per heavy atom. The lowest BCUT2D eigenvalue weighted by molar-refractivity contribution is 0.291. The van der Waals surface area contributed by atoms with Gasteiger partial charge in [-0.2, -0.15) is 0 Å². The molecule has 0 amide bonds. The summed E-state index contributed by atoms with van der Waals surface area (Å²) in [7, 11) is 2.17. The van der Waals surface area contributed by atoms with Crippen LogP contribution in [-0.2, 0) is 13.2 Å². The fourth-order valence-corrected chi connectivity index (χ4v) is 3.48. The average molecular weight is 389 g/mol. The van der Waals surface area contributed by atoms with Crippen LogP contribution in [0.2, 0.25) is 0 Å². The maximum atomic E-state index is 6.21. The minimum absolute atomic E-state index is 0.561. The molecule has 4 heteroatoms. The summed E-state index contributed by atoms with van der Waals surface area (Å²) in [4.78, 5) is 4.76. The molecule has 0 spiro atoms. The third-order valence-corrected chi connectivity index (χ3v) is 5.26. The number of piperazine rings is 1. The molecule has 0 bridgehead atoms. The molecule has 29 heavy (non-hydrogen) atoms. The smallest absolute Gasteiger partial charge is 0.143 e. The maximum Gasteiger partial charge on any atom is 0.143 e. The monoisotopic (exact) mass is 388 g/mol. The van der Waals surface area contributed by atoms with Gasteiger partial charge in [-0.15, -0.1) is 0 Å². The fourth-order valence-electron chi connectivity index (χ4n) is 3.48. The van der Waals surface area contributed by atoms with Crippen LogP contribution in [0.4, 0.5) is 5.69 Å². The van der Waals surface area contributed by atoms with Gasteiger partial charge in [0.2, 0.25) is 0 Å². The van der Waals surface area contributed by atoms with Crippen molar-refractivity contribution in [1.82, 2.24) is 4.90 Å². The van der Waals surface area contributed by atoms with Crippen LogP contribution in [0.15, 0.2) is 78.9 Å². The van der Waals surface area contributed by atoms with Crippen molar-refractivity contribution in [3.8, 4) is 11.5 Å².